The predicted molar refractivity (Wildman–Crippen MR) is 102 cm³/mol. The first-order valence-corrected chi connectivity index (χ1v) is 7.67. The molecule has 0 bridgehead atoms. The summed E-state index contributed by atoms with van der Waals surface area (Å²) in [6.45, 7) is 3.85. The fourth-order valence-electron chi connectivity index (χ4n) is 2.16. The average Bonchev–Trinajstić information content (AvgIpc) is 2.99. The van der Waals surface area contributed by atoms with Crippen molar-refractivity contribution >= 4 is 29.9 Å². The van der Waals surface area contributed by atoms with Gasteiger partial charge in [0, 0.05) is 32.1 Å². The summed E-state index contributed by atoms with van der Waals surface area (Å²) in [4.78, 5) is 4.44. The molecule has 24 heavy (non-hydrogen) atoms. The van der Waals surface area contributed by atoms with Crippen LogP contribution in [0.2, 0.25) is 0 Å². The molecule has 0 unspecified atom stereocenters. The lowest BCUT2D eigenvalue weighted by Crippen LogP contribution is -2.38. The second-order valence-corrected chi connectivity index (χ2v) is 5.04. The van der Waals surface area contributed by atoms with Gasteiger partial charge in [-0.25, -0.2) is 8.78 Å². The predicted octanol–water partition coefficient (Wildman–Crippen LogP) is 3.52. The summed E-state index contributed by atoms with van der Waals surface area (Å²) in [5, 5.41) is 6.28. The highest BCUT2D eigenvalue weighted by molar-refractivity contribution is 14.0. The zero-order valence-corrected chi connectivity index (χ0v) is 15.8. The summed E-state index contributed by atoms with van der Waals surface area (Å²) in [6.07, 6.45) is 2.87. The summed E-state index contributed by atoms with van der Waals surface area (Å²) in [6, 6.07) is 7.31. The fourth-order valence-corrected chi connectivity index (χ4v) is 2.16. The van der Waals surface area contributed by atoms with Crippen LogP contribution in [0.4, 0.5) is 8.78 Å². The molecular formula is C17H22F2IN3O. The molecule has 0 spiro atoms. The highest BCUT2D eigenvalue weighted by Gasteiger charge is 2.02. The van der Waals surface area contributed by atoms with Crippen molar-refractivity contribution in [1.29, 1.82) is 0 Å². The van der Waals surface area contributed by atoms with Gasteiger partial charge in [-0.05, 0) is 43.2 Å². The first kappa shape index (κ1) is 20.4. The van der Waals surface area contributed by atoms with E-state index in [2.05, 4.69) is 15.6 Å². The number of benzene rings is 1. The largest absolute Gasteiger partial charge is 0.469 e. The van der Waals surface area contributed by atoms with Crippen molar-refractivity contribution in [2.75, 3.05) is 19.6 Å². The van der Waals surface area contributed by atoms with E-state index in [1.54, 1.807) is 6.26 Å². The van der Waals surface area contributed by atoms with E-state index >= 15 is 0 Å². The van der Waals surface area contributed by atoms with Crippen LogP contribution in [-0.4, -0.2) is 25.6 Å². The molecule has 2 N–H and O–H groups in total. The molecule has 0 aliphatic rings. The fraction of sp³-hybridized carbons (Fsp3) is 0.353. The van der Waals surface area contributed by atoms with E-state index in [0.29, 0.717) is 31.0 Å². The second-order valence-electron chi connectivity index (χ2n) is 5.04. The third-order valence-corrected chi connectivity index (χ3v) is 3.18. The molecule has 1 heterocycles. The molecule has 0 saturated heterocycles. The molecule has 0 aliphatic heterocycles. The van der Waals surface area contributed by atoms with E-state index in [9.17, 15) is 8.78 Å². The molecular weight excluding hydrogens is 427 g/mol. The van der Waals surface area contributed by atoms with Gasteiger partial charge in [0.2, 0.25) is 0 Å². The topological polar surface area (TPSA) is 49.6 Å². The van der Waals surface area contributed by atoms with E-state index in [4.69, 9.17) is 4.42 Å². The minimum atomic E-state index is -0.556. The molecule has 0 aliphatic carbocycles. The Labute approximate surface area is 157 Å². The first-order chi connectivity index (χ1) is 11.2. The molecule has 1 aromatic heterocycles. The van der Waals surface area contributed by atoms with Crippen LogP contribution in [-0.2, 0) is 12.8 Å². The van der Waals surface area contributed by atoms with E-state index in [1.165, 1.54) is 12.1 Å². The van der Waals surface area contributed by atoms with Gasteiger partial charge < -0.3 is 15.1 Å². The molecule has 2 rings (SSSR count). The number of halogens is 3. The monoisotopic (exact) mass is 449 g/mol. The number of hydrogen-bond acceptors (Lipinski definition) is 2. The van der Waals surface area contributed by atoms with Gasteiger partial charge in [-0.1, -0.05) is 0 Å². The summed E-state index contributed by atoms with van der Waals surface area (Å²) >= 11 is 0. The summed E-state index contributed by atoms with van der Waals surface area (Å²) in [5.74, 6) is 0.453. The Morgan fingerprint density at radius 3 is 2.50 bits per heavy atom. The summed E-state index contributed by atoms with van der Waals surface area (Å²) in [7, 11) is 0. The van der Waals surface area contributed by atoms with E-state index in [0.717, 1.165) is 24.8 Å². The van der Waals surface area contributed by atoms with Crippen LogP contribution in [0.3, 0.4) is 0 Å². The normalized spacial score (nSPS) is 11.0. The van der Waals surface area contributed by atoms with Crippen molar-refractivity contribution in [1.82, 2.24) is 10.6 Å². The van der Waals surface area contributed by atoms with Crippen LogP contribution in [0.5, 0.6) is 0 Å². The number of hydrogen-bond donors (Lipinski definition) is 2. The van der Waals surface area contributed by atoms with Gasteiger partial charge in [0.25, 0.3) is 0 Å². The molecule has 0 fully saturated rings. The SMILES string of the molecule is CCNC(=NCCc1ccco1)NCCc1cc(F)cc(F)c1.I. The molecule has 0 saturated carbocycles. The van der Waals surface area contributed by atoms with Crippen molar-refractivity contribution in [3.05, 3.63) is 59.6 Å². The quantitative estimate of drug-likeness (QED) is 0.387. The molecule has 7 heteroatoms. The first-order valence-electron chi connectivity index (χ1n) is 7.67. The molecule has 1 aromatic carbocycles. The lowest BCUT2D eigenvalue weighted by Gasteiger charge is -2.11. The number of rotatable bonds is 7. The second kappa shape index (κ2) is 11.0. The van der Waals surface area contributed by atoms with Gasteiger partial charge in [0.15, 0.2) is 5.96 Å². The third-order valence-electron chi connectivity index (χ3n) is 3.18. The third kappa shape index (κ3) is 7.29. The molecule has 4 nitrogen and oxygen atoms in total. The number of nitrogens with one attached hydrogen (secondary N) is 2. The Kier molecular flexibility index (Phi) is 9.36. The average molecular weight is 449 g/mol. The maximum absolute atomic E-state index is 13.1. The van der Waals surface area contributed by atoms with Gasteiger partial charge in [-0.3, -0.25) is 4.99 Å². The molecule has 0 radical (unpaired) electrons. The maximum Gasteiger partial charge on any atom is 0.191 e. The van der Waals surface area contributed by atoms with Crippen LogP contribution in [0.15, 0.2) is 46.0 Å². The van der Waals surface area contributed by atoms with Crippen LogP contribution in [0.1, 0.15) is 18.2 Å². The van der Waals surface area contributed by atoms with Gasteiger partial charge in [0.05, 0.1) is 6.26 Å². The van der Waals surface area contributed by atoms with Gasteiger partial charge in [0.1, 0.15) is 17.4 Å². The van der Waals surface area contributed by atoms with Gasteiger partial charge in [-0.2, -0.15) is 0 Å². The van der Waals surface area contributed by atoms with Gasteiger partial charge >= 0.3 is 0 Å². The Balaban J connectivity index is 0.00000288. The Morgan fingerprint density at radius 2 is 1.88 bits per heavy atom. The number of guanidine groups is 1. The summed E-state index contributed by atoms with van der Waals surface area (Å²) < 4.78 is 31.5. The minimum Gasteiger partial charge on any atom is -0.469 e. The molecule has 132 valence electrons. The minimum absolute atomic E-state index is 0. The Morgan fingerprint density at radius 1 is 1.12 bits per heavy atom. The number of furan rings is 1. The maximum atomic E-state index is 13.1. The smallest absolute Gasteiger partial charge is 0.191 e. The van der Waals surface area contributed by atoms with Gasteiger partial charge in [-0.15, -0.1) is 24.0 Å². The Bertz CT molecular complexity index is 613. The molecule has 2 aromatic rings. The van der Waals surface area contributed by atoms with Crippen molar-refractivity contribution < 1.29 is 13.2 Å². The zero-order valence-electron chi connectivity index (χ0n) is 13.5. The highest BCUT2D eigenvalue weighted by Crippen LogP contribution is 2.08. The van der Waals surface area contributed by atoms with E-state index in [1.807, 2.05) is 19.1 Å². The van der Waals surface area contributed by atoms with Crippen molar-refractivity contribution in [2.24, 2.45) is 4.99 Å². The molecule has 0 amide bonds. The van der Waals surface area contributed by atoms with Crippen LogP contribution >= 0.6 is 24.0 Å². The standard InChI is InChI=1S/C17H21F2N3O.HI/c1-2-20-17(22-8-6-16-4-3-9-23-16)21-7-5-13-10-14(18)12-15(19)11-13;/h3-4,9-12H,2,5-8H2,1H3,(H2,20,21,22);1H. The van der Waals surface area contributed by atoms with Crippen LogP contribution < -0.4 is 10.6 Å². The Hall–Kier alpha value is -1.64. The van der Waals surface area contributed by atoms with Crippen LogP contribution in [0, 0.1) is 11.6 Å². The number of aliphatic imine (C=N–C) groups is 1. The zero-order chi connectivity index (χ0) is 16.5. The van der Waals surface area contributed by atoms with Crippen molar-refractivity contribution in [3.63, 3.8) is 0 Å². The summed E-state index contributed by atoms with van der Waals surface area (Å²) in [5.41, 5.74) is 0.612. The van der Waals surface area contributed by atoms with E-state index < -0.39 is 11.6 Å². The van der Waals surface area contributed by atoms with Crippen LogP contribution in [0.25, 0.3) is 0 Å². The lowest BCUT2D eigenvalue weighted by molar-refractivity contribution is 0.510. The number of nitrogens with zero attached hydrogens (tertiary/aromatic N) is 1. The van der Waals surface area contributed by atoms with Crippen molar-refractivity contribution in [2.45, 2.75) is 19.8 Å². The highest BCUT2D eigenvalue weighted by atomic mass is 127. The molecule has 0 atom stereocenters. The van der Waals surface area contributed by atoms with E-state index in [-0.39, 0.29) is 24.0 Å². The lowest BCUT2D eigenvalue weighted by atomic mass is 10.1. The van der Waals surface area contributed by atoms with Crippen molar-refractivity contribution in [3.8, 4) is 0 Å².